The third-order valence-corrected chi connectivity index (χ3v) is 4.19. The normalized spacial score (nSPS) is 11.3. The molecule has 1 heterocycles. The lowest BCUT2D eigenvalue weighted by molar-refractivity contribution is -0.384. The fourth-order valence-electron chi connectivity index (χ4n) is 2.05. The Hall–Kier alpha value is -2.53. The smallest absolute Gasteiger partial charge is 0.258 e. The van der Waals surface area contributed by atoms with E-state index < -0.39 is 4.92 Å². The maximum absolute atomic E-state index is 10.8. The second-order valence-electron chi connectivity index (χ2n) is 4.65. The Labute approximate surface area is 125 Å². The summed E-state index contributed by atoms with van der Waals surface area (Å²) in [7, 11) is 0. The number of nitro benzene ring substituents is 1. The van der Waals surface area contributed by atoms with Crippen LogP contribution in [0.4, 0.5) is 5.69 Å². The summed E-state index contributed by atoms with van der Waals surface area (Å²) < 4.78 is 0.949. The third-order valence-electron chi connectivity index (χ3n) is 3.19. The Bertz CT molecular complexity index is 852. The molecule has 0 bridgehead atoms. The third kappa shape index (κ3) is 2.83. The van der Waals surface area contributed by atoms with Gasteiger partial charge in [-0.1, -0.05) is 30.3 Å². The highest BCUT2D eigenvalue weighted by atomic mass is 32.1. The molecule has 0 fully saturated rings. The van der Waals surface area contributed by atoms with Gasteiger partial charge in [0, 0.05) is 12.1 Å². The van der Waals surface area contributed by atoms with E-state index in [1.165, 1.54) is 29.0 Å². The van der Waals surface area contributed by atoms with Crippen LogP contribution in [-0.4, -0.2) is 9.91 Å². The van der Waals surface area contributed by atoms with E-state index in [1.807, 2.05) is 30.4 Å². The summed E-state index contributed by atoms with van der Waals surface area (Å²) >= 11 is 1.52. The zero-order chi connectivity index (χ0) is 14.8. The Morgan fingerprint density at radius 1 is 1.19 bits per heavy atom. The summed E-state index contributed by atoms with van der Waals surface area (Å²) in [5.74, 6) is 0. The van der Waals surface area contributed by atoms with Crippen LogP contribution in [0.3, 0.4) is 0 Å². The number of aromatic nitrogens is 1. The van der Waals surface area contributed by atoms with Crippen molar-refractivity contribution in [2.75, 3.05) is 0 Å². The van der Waals surface area contributed by atoms with Gasteiger partial charge >= 0.3 is 0 Å². The quantitative estimate of drug-likeness (QED) is 0.520. The lowest BCUT2D eigenvalue weighted by atomic mass is 10.1. The minimum atomic E-state index is -0.401. The monoisotopic (exact) mass is 296 g/mol. The maximum Gasteiger partial charge on any atom is 0.271 e. The molecule has 4 nitrogen and oxygen atoms in total. The first-order valence-corrected chi connectivity index (χ1v) is 7.24. The fraction of sp³-hybridized carbons (Fsp3) is 0.0625. The predicted octanol–water partition coefficient (Wildman–Crippen LogP) is 4.68. The number of hydrogen-bond donors (Lipinski definition) is 0. The van der Waals surface area contributed by atoms with Gasteiger partial charge in [0.05, 0.1) is 15.1 Å². The molecule has 0 aliphatic carbocycles. The SMILES string of the molecule is Cc1ccccc1/C=C/c1nc2cc([N+](=O)[O-])ccc2s1. The standard InChI is InChI=1S/C16H12N2O2S/c1-11-4-2-3-5-12(11)6-9-16-17-14-10-13(18(19)20)7-8-15(14)21-16/h2-10H,1H3/b9-6+. The molecule has 0 saturated carbocycles. The van der Waals surface area contributed by atoms with E-state index in [9.17, 15) is 10.1 Å². The molecule has 5 heteroatoms. The van der Waals surface area contributed by atoms with E-state index >= 15 is 0 Å². The van der Waals surface area contributed by atoms with Crippen molar-refractivity contribution in [3.8, 4) is 0 Å². The summed E-state index contributed by atoms with van der Waals surface area (Å²) in [4.78, 5) is 14.8. The average molecular weight is 296 g/mol. The number of nitrogens with zero attached hydrogens (tertiary/aromatic N) is 2. The van der Waals surface area contributed by atoms with Crippen molar-refractivity contribution in [3.63, 3.8) is 0 Å². The first kappa shape index (κ1) is 13.5. The van der Waals surface area contributed by atoms with E-state index in [4.69, 9.17) is 0 Å². The lowest BCUT2D eigenvalue weighted by Gasteiger charge is -1.97. The summed E-state index contributed by atoms with van der Waals surface area (Å²) in [6.45, 7) is 2.06. The van der Waals surface area contributed by atoms with Crippen LogP contribution in [0, 0.1) is 17.0 Å². The van der Waals surface area contributed by atoms with Crippen LogP contribution in [0.1, 0.15) is 16.1 Å². The van der Waals surface area contributed by atoms with Gasteiger partial charge in [0.15, 0.2) is 0 Å². The molecule has 104 valence electrons. The summed E-state index contributed by atoms with van der Waals surface area (Å²) in [6, 6.07) is 12.9. The highest BCUT2D eigenvalue weighted by Gasteiger charge is 2.09. The van der Waals surface area contributed by atoms with Gasteiger partial charge in [0.1, 0.15) is 5.01 Å². The topological polar surface area (TPSA) is 56.0 Å². The van der Waals surface area contributed by atoms with Crippen molar-refractivity contribution in [2.24, 2.45) is 0 Å². The number of thiazole rings is 1. The van der Waals surface area contributed by atoms with E-state index in [2.05, 4.69) is 18.0 Å². The van der Waals surface area contributed by atoms with Crippen LogP contribution in [0.25, 0.3) is 22.4 Å². The van der Waals surface area contributed by atoms with Crippen LogP contribution in [0.5, 0.6) is 0 Å². The van der Waals surface area contributed by atoms with Crippen LogP contribution in [0.2, 0.25) is 0 Å². The zero-order valence-corrected chi connectivity index (χ0v) is 12.1. The molecule has 3 rings (SSSR count). The number of fused-ring (bicyclic) bond motifs is 1. The molecular weight excluding hydrogens is 284 g/mol. The minimum Gasteiger partial charge on any atom is -0.258 e. The molecule has 0 radical (unpaired) electrons. The molecule has 0 saturated heterocycles. The Morgan fingerprint density at radius 3 is 2.76 bits per heavy atom. The van der Waals surface area contributed by atoms with Gasteiger partial charge in [-0.05, 0) is 30.2 Å². The van der Waals surface area contributed by atoms with E-state index in [-0.39, 0.29) is 5.69 Å². The molecular formula is C16H12N2O2S. The van der Waals surface area contributed by atoms with Crippen LogP contribution < -0.4 is 0 Å². The van der Waals surface area contributed by atoms with Gasteiger partial charge in [-0.15, -0.1) is 11.3 Å². The number of benzene rings is 2. The van der Waals surface area contributed by atoms with Gasteiger partial charge in [-0.25, -0.2) is 4.98 Å². The number of aryl methyl sites for hydroxylation is 1. The largest absolute Gasteiger partial charge is 0.271 e. The van der Waals surface area contributed by atoms with Gasteiger partial charge in [0.2, 0.25) is 0 Å². The highest BCUT2D eigenvalue weighted by molar-refractivity contribution is 7.19. The van der Waals surface area contributed by atoms with Crippen molar-refractivity contribution in [1.82, 2.24) is 4.98 Å². The molecule has 2 aromatic carbocycles. The highest BCUT2D eigenvalue weighted by Crippen LogP contribution is 2.27. The Balaban J connectivity index is 1.95. The lowest BCUT2D eigenvalue weighted by Crippen LogP contribution is -1.86. The van der Waals surface area contributed by atoms with Crippen molar-refractivity contribution >= 4 is 39.4 Å². The molecule has 0 N–H and O–H groups in total. The van der Waals surface area contributed by atoms with Crippen LogP contribution in [-0.2, 0) is 0 Å². The second-order valence-corrected chi connectivity index (χ2v) is 5.71. The van der Waals surface area contributed by atoms with E-state index in [1.54, 1.807) is 6.07 Å². The van der Waals surface area contributed by atoms with Crippen molar-refractivity contribution in [3.05, 3.63) is 68.7 Å². The van der Waals surface area contributed by atoms with Crippen molar-refractivity contribution < 1.29 is 4.92 Å². The second kappa shape index (κ2) is 5.46. The Kier molecular flexibility index (Phi) is 3.50. The number of rotatable bonds is 3. The molecule has 0 amide bonds. The fourth-order valence-corrected chi connectivity index (χ4v) is 2.90. The molecule has 0 aliphatic rings. The van der Waals surface area contributed by atoms with E-state index in [0.29, 0.717) is 5.52 Å². The molecule has 0 aliphatic heterocycles. The van der Waals surface area contributed by atoms with Crippen LogP contribution >= 0.6 is 11.3 Å². The van der Waals surface area contributed by atoms with E-state index in [0.717, 1.165) is 15.3 Å². The molecule has 21 heavy (non-hydrogen) atoms. The van der Waals surface area contributed by atoms with Gasteiger partial charge in [-0.2, -0.15) is 0 Å². The van der Waals surface area contributed by atoms with Crippen molar-refractivity contribution in [1.29, 1.82) is 0 Å². The molecule has 0 atom stereocenters. The van der Waals surface area contributed by atoms with Crippen molar-refractivity contribution in [2.45, 2.75) is 6.92 Å². The predicted molar refractivity (Wildman–Crippen MR) is 86.4 cm³/mol. The van der Waals surface area contributed by atoms with Gasteiger partial charge in [-0.3, -0.25) is 10.1 Å². The summed E-state index contributed by atoms with van der Waals surface area (Å²) in [5.41, 5.74) is 3.08. The average Bonchev–Trinajstić information content (AvgIpc) is 2.88. The first-order valence-electron chi connectivity index (χ1n) is 6.42. The number of nitro groups is 1. The molecule has 1 aromatic heterocycles. The van der Waals surface area contributed by atoms with Crippen LogP contribution in [0.15, 0.2) is 42.5 Å². The Morgan fingerprint density at radius 2 is 2.00 bits per heavy atom. The first-order chi connectivity index (χ1) is 10.1. The maximum atomic E-state index is 10.8. The zero-order valence-electron chi connectivity index (χ0n) is 11.3. The van der Waals surface area contributed by atoms with Gasteiger partial charge < -0.3 is 0 Å². The summed E-state index contributed by atoms with van der Waals surface area (Å²) in [6.07, 6.45) is 3.96. The molecule has 0 unspecified atom stereocenters. The molecule has 0 spiro atoms. The summed E-state index contributed by atoms with van der Waals surface area (Å²) in [5, 5.41) is 11.6. The number of hydrogen-bond acceptors (Lipinski definition) is 4. The minimum absolute atomic E-state index is 0.0715. The van der Waals surface area contributed by atoms with Gasteiger partial charge in [0.25, 0.3) is 5.69 Å². The number of non-ortho nitro benzene ring substituents is 1. The molecule has 3 aromatic rings.